The van der Waals surface area contributed by atoms with Gasteiger partial charge in [0.15, 0.2) is 0 Å². The first-order valence-electron chi connectivity index (χ1n) is 6.35. The highest BCUT2D eigenvalue weighted by Crippen LogP contribution is 2.35. The SMILES string of the molecule is CC1CC(C)CN(c2cc(C(F)(F)F)cnc2N)C1. The summed E-state index contributed by atoms with van der Waals surface area (Å²) in [7, 11) is 0. The van der Waals surface area contributed by atoms with Crippen molar-refractivity contribution < 1.29 is 13.2 Å². The molecule has 1 saturated heterocycles. The summed E-state index contributed by atoms with van der Waals surface area (Å²) in [6, 6.07) is 1.10. The number of piperidine rings is 1. The zero-order valence-electron chi connectivity index (χ0n) is 11.0. The summed E-state index contributed by atoms with van der Waals surface area (Å²) >= 11 is 0. The van der Waals surface area contributed by atoms with Crippen LogP contribution in [-0.4, -0.2) is 18.1 Å². The summed E-state index contributed by atoms with van der Waals surface area (Å²) in [4.78, 5) is 5.60. The summed E-state index contributed by atoms with van der Waals surface area (Å²) < 4.78 is 38.2. The van der Waals surface area contributed by atoms with E-state index in [9.17, 15) is 13.2 Å². The lowest BCUT2D eigenvalue weighted by molar-refractivity contribution is -0.137. The molecule has 2 unspecified atom stereocenters. The third-order valence-electron chi connectivity index (χ3n) is 3.43. The van der Waals surface area contributed by atoms with E-state index in [2.05, 4.69) is 18.8 Å². The molecule has 1 aromatic heterocycles. The zero-order valence-corrected chi connectivity index (χ0v) is 11.0. The fourth-order valence-electron chi connectivity index (χ4n) is 2.73. The first-order chi connectivity index (χ1) is 8.77. The van der Waals surface area contributed by atoms with Gasteiger partial charge in [-0.1, -0.05) is 13.8 Å². The number of nitrogen functional groups attached to an aromatic ring is 1. The lowest BCUT2D eigenvalue weighted by atomic mass is 9.91. The maximum absolute atomic E-state index is 12.7. The molecule has 0 spiro atoms. The molecule has 3 nitrogen and oxygen atoms in total. The van der Waals surface area contributed by atoms with Gasteiger partial charge in [0.2, 0.25) is 0 Å². The van der Waals surface area contributed by atoms with E-state index >= 15 is 0 Å². The molecule has 0 saturated carbocycles. The molecule has 106 valence electrons. The van der Waals surface area contributed by atoms with E-state index in [0.29, 0.717) is 17.5 Å². The zero-order chi connectivity index (χ0) is 14.2. The van der Waals surface area contributed by atoms with Crippen molar-refractivity contribution in [3.8, 4) is 0 Å². The number of pyridine rings is 1. The fourth-order valence-corrected chi connectivity index (χ4v) is 2.73. The molecule has 1 fully saturated rings. The van der Waals surface area contributed by atoms with Crippen molar-refractivity contribution in [2.75, 3.05) is 23.7 Å². The summed E-state index contributed by atoms with van der Waals surface area (Å²) in [5.41, 5.74) is 5.38. The van der Waals surface area contributed by atoms with Crippen LogP contribution in [0.3, 0.4) is 0 Å². The number of halogens is 3. The number of aromatic nitrogens is 1. The van der Waals surface area contributed by atoms with Crippen molar-refractivity contribution in [3.63, 3.8) is 0 Å². The molecule has 0 amide bonds. The van der Waals surface area contributed by atoms with Crippen molar-refractivity contribution in [2.24, 2.45) is 11.8 Å². The molecule has 6 heteroatoms. The number of hydrogen-bond donors (Lipinski definition) is 1. The summed E-state index contributed by atoms with van der Waals surface area (Å²) in [6.07, 6.45) is -2.51. The lowest BCUT2D eigenvalue weighted by Crippen LogP contribution is -2.39. The summed E-state index contributed by atoms with van der Waals surface area (Å²) in [6.45, 7) is 5.63. The third-order valence-corrected chi connectivity index (χ3v) is 3.43. The highest BCUT2D eigenvalue weighted by molar-refractivity contribution is 5.64. The van der Waals surface area contributed by atoms with E-state index in [1.807, 2.05) is 4.90 Å². The van der Waals surface area contributed by atoms with Crippen LogP contribution in [0, 0.1) is 11.8 Å². The highest BCUT2D eigenvalue weighted by atomic mass is 19.4. The van der Waals surface area contributed by atoms with Crippen molar-refractivity contribution in [2.45, 2.75) is 26.4 Å². The van der Waals surface area contributed by atoms with Crippen molar-refractivity contribution in [1.82, 2.24) is 4.98 Å². The van der Waals surface area contributed by atoms with Gasteiger partial charge in [-0.05, 0) is 24.3 Å². The Hall–Kier alpha value is -1.46. The molecular weight excluding hydrogens is 255 g/mol. The molecule has 0 aliphatic carbocycles. The van der Waals surface area contributed by atoms with Gasteiger partial charge in [-0.3, -0.25) is 0 Å². The van der Waals surface area contributed by atoms with Crippen LogP contribution < -0.4 is 10.6 Å². The fraction of sp³-hybridized carbons (Fsp3) is 0.615. The van der Waals surface area contributed by atoms with Crippen LogP contribution in [0.25, 0.3) is 0 Å². The van der Waals surface area contributed by atoms with E-state index in [1.54, 1.807) is 0 Å². The normalized spacial score (nSPS) is 24.6. The van der Waals surface area contributed by atoms with Gasteiger partial charge in [-0.15, -0.1) is 0 Å². The van der Waals surface area contributed by atoms with Crippen LogP contribution >= 0.6 is 0 Å². The molecule has 1 aromatic rings. The lowest BCUT2D eigenvalue weighted by Gasteiger charge is -2.37. The molecule has 2 heterocycles. The molecular formula is C13H18F3N3. The molecule has 2 rings (SSSR count). The van der Waals surface area contributed by atoms with Gasteiger partial charge in [-0.2, -0.15) is 13.2 Å². The predicted molar refractivity (Wildman–Crippen MR) is 68.8 cm³/mol. The largest absolute Gasteiger partial charge is 0.417 e. The number of alkyl halides is 3. The maximum Gasteiger partial charge on any atom is 0.417 e. The Bertz CT molecular complexity index is 449. The van der Waals surface area contributed by atoms with Crippen molar-refractivity contribution in [1.29, 1.82) is 0 Å². The summed E-state index contributed by atoms with van der Waals surface area (Å²) in [5.74, 6) is 1.05. The molecule has 1 aliphatic rings. The van der Waals surface area contributed by atoms with E-state index in [4.69, 9.17) is 5.73 Å². The number of nitrogens with two attached hydrogens (primary N) is 1. The minimum absolute atomic E-state index is 0.161. The van der Waals surface area contributed by atoms with Gasteiger partial charge in [0, 0.05) is 19.3 Å². The van der Waals surface area contributed by atoms with Gasteiger partial charge in [-0.25, -0.2) is 4.98 Å². The Kier molecular flexibility index (Phi) is 3.60. The van der Waals surface area contributed by atoms with Crippen molar-refractivity contribution in [3.05, 3.63) is 17.8 Å². The first kappa shape index (κ1) is 14.0. The average Bonchev–Trinajstić information content (AvgIpc) is 2.26. The van der Waals surface area contributed by atoms with Gasteiger partial charge in [0.05, 0.1) is 11.3 Å². The van der Waals surface area contributed by atoms with Crippen molar-refractivity contribution >= 4 is 11.5 Å². The van der Waals surface area contributed by atoms with Crippen LogP contribution in [-0.2, 0) is 6.18 Å². The first-order valence-corrected chi connectivity index (χ1v) is 6.35. The van der Waals surface area contributed by atoms with E-state index in [0.717, 1.165) is 31.8 Å². The van der Waals surface area contributed by atoms with Crippen LogP contribution in [0.4, 0.5) is 24.7 Å². The number of nitrogens with zero attached hydrogens (tertiary/aromatic N) is 2. The second-order valence-corrected chi connectivity index (χ2v) is 5.48. The Morgan fingerprint density at radius 1 is 1.26 bits per heavy atom. The minimum atomic E-state index is -4.39. The second-order valence-electron chi connectivity index (χ2n) is 5.48. The maximum atomic E-state index is 12.7. The molecule has 2 N–H and O–H groups in total. The monoisotopic (exact) mass is 273 g/mol. The molecule has 0 radical (unpaired) electrons. The number of rotatable bonds is 1. The molecule has 19 heavy (non-hydrogen) atoms. The minimum Gasteiger partial charge on any atom is -0.382 e. The van der Waals surface area contributed by atoms with Gasteiger partial charge < -0.3 is 10.6 Å². The topological polar surface area (TPSA) is 42.2 Å². The Labute approximate surface area is 110 Å². The average molecular weight is 273 g/mol. The highest BCUT2D eigenvalue weighted by Gasteiger charge is 2.33. The Morgan fingerprint density at radius 2 is 1.84 bits per heavy atom. The van der Waals surface area contributed by atoms with E-state index < -0.39 is 11.7 Å². The predicted octanol–water partition coefficient (Wildman–Crippen LogP) is 3.16. The molecule has 1 aliphatic heterocycles. The molecule has 0 aromatic carbocycles. The molecule has 2 atom stereocenters. The van der Waals surface area contributed by atoms with Crippen LogP contribution in [0.5, 0.6) is 0 Å². The smallest absolute Gasteiger partial charge is 0.382 e. The van der Waals surface area contributed by atoms with Gasteiger partial charge >= 0.3 is 6.18 Å². The van der Waals surface area contributed by atoms with Crippen LogP contribution in [0.2, 0.25) is 0 Å². The Morgan fingerprint density at radius 3 is 2.37 bits per heavy atom. The van der Waals surface area contributed by atoms with Crippen LogP contribution in [0.15, 0.2) is 12.3 Å². The van der Waals surface area contributed by atoms with E-state index in [1.165, 1.54) is 0 Å². The number of hydrogen-bond acceptors (Lipinski definition) is 3. The van der Waals surface area contributed by atoms with Gasteiger partial charge in [0.25, 0.3) is 0 Å². The van der Waals surface area contributed by atoms with Crippen LogP contribution in [0.1, 0.15) is 25.8 Å². The quantitative estimate of drug-likeness (QED) is 0.854. The third kappa shape index (κ3) is 3.11. The summed E-state index contributed by atoms with van der Waals surface area (Å²) in [5, 5.41) is 0. The second kappa shape index (κ2) is 4.90. The number of anilines is 2. The van der Waals surface area contributed by atoms with Gasteiger partial charge in [0.1, 0.15) is 5.82 Å². The Balaban J connectivity index is 2.33. The van der Waals surface area contributed by atoms with E-state index in [-0.39, 0.29) is 5.82 Å². The molecule has 0 bridgehead atoms. The standard InChI is InChI=1S/C13H18F3N3/c1-8-3-9(2)7-19(6-8)11-4-10(13(14,15)16)5-18-12(11)17/h4-5,8-9H,3,6-7H2,1-2H3,(H2,17,18).